The largest absolute Gasteiger partial charge is 0.497 e. The molecular formula is C19H20ClNO4. The average molecular weight is 362 g/mol. The van der Waals surface area contributed by atoms with E-state index in [1.54, 1.807) is 49.6 Å². The van der Waals surface area contributed by atoms with Crippen LogP contribution in [0, 0.1) is 6.92 Å². The third-order valence-electron chi connectivity index (χ3n) is 3.63. The molecule has 0 aromatic heterocycles. The highest BCUT2D eigenvalue weighted by Gasteiger charge is 2.19. The van der Waals surface area contributed by atoms with Crippen molar-refractivity contribution in [2.24, 2.45) is 0 Å². The summed E-state index contributed by atoms with van der Waals surface area (Å²) in [5, 5.41) is 3.35. The van der Waals surface area contributed by atoms with Crippen LogP contribution < -0.4 is 14.8 Å². The minimum atomic E-state index is -0.483. The van der Waals surface area contributed by atoms with Crippen molar-refractivity contribution in [2.75, 3.05) is 7.11 Å². The van der Waals surface area contributed by atoms with Crippen molar-refractivity contribution in [3.05, 3.63) is 58.6 Å². The standard InChI is InChI=1S/C19H20ClNO4/c1-12-10-15(20)6-9-18(12)25-19(23)11-17(21-13(2)22)14-4-7-16(24-3)8-5-14/h4-10,17H,11H2,1-3H3,(H,21,22). The first kappa shape index (κ1) is 18.8. The van der Waals surface area contributed by atoms with E-state index in [0.717, 1.165) is 11.1 Å². The van der Waals surface area contributed by atoms with Crippen LogP contribution in [0.3, 0.4) is 0 Å². The first-order valence-electron chi connectivity index (χ1n) is 7.77. The zero-order valence-corrected chi connectivity index (χ0v) is 15.1. The van der Waals surface area contributed by atoms with Crippen molar-refractivity contribution in [1.29, 1.82) is 0 Å². The van der Waals surface area contributed by atoms with Gasteiger partial charge in [0, 0.05) is 11.9 Å². The molecule has 0 aliphatic heterocycles. The molecule has 1 unspecified atom stereocenters. The van der Waals surface area contributed by atoms with Crippen LogP contribution in [0.2, 0.25) is 5.02 Å². The lowest BCUT2D eigenvalue weighted by atomic mass is 10.0. The molecule has 132 valence electrons. The molecule has 1 amide bonds. The van der Waals surface area contributed by atoms with E-state index in [1.165, 1.54) is 6.92 Å². The molecule has 25 heavy (non-hydrogen) atoms. The van der Waals surface area contributed by atoms with E-state index in [-0.39, 0.29) is 12.3 Å². The topological polar surface area (TPSA) is 64.6 Å². The van der Waals surface area contributed by atoms with Gasteiger partial charge in [-0.3, -0.25) is 9.59 Å². The number of aryl methyl sites for hydroxylation is 1. The summed E-state index contributed by atoms with van der Waals surface area (Å²) in [6.45, 7) is 3.22. The van der Waals surface area contributed by atoms with E-state index in [0.29, 0.717) is 16.5 Å². The van der Waals surface area contributed by atoms with Crippen LogP contribution in [-0.2, 0) is 9.59 Å². The normalized spacial score (nSPS) is 11.5. The number of amides is 1. The fourth-order valence-electron chi connectivity index (χ4n) is 2.39. The zero-order valence-electron chi connectivity index (χ0n) is 14.3. The molecular weight excluding hydrogens is 342 g/mol. The Bertz CT molecular complexity index is 759. The SMILES string of the molecule is COc1ccc(C(CC(=O)Oc2ccc(Cl)cc2C)NC(C)=O)cc1. The molecule has 0 saturated carbocycles. The quantitative estimate of drug-likeness (QED) is 0.627. The summed E-state index contributed by atoms with van der Waals surface area (Å²) in [6, 6.07) is 11.7. The number of hydrogen-bond donors (Lipinski definition) is 1. The van der Waals surface area contributed by atoms with Gasteiger partial charge >= 0.3 is 5.97 Å². The summed E-state index contributed by atoms with van der Waals surface area (Å²) in [5.41, 5.74) is 1.56. The molecule has 0 bridgehead atoms. The van der Waals surface area contributed by atoms with Crippen molar-refractivity contribution in [3.8, 4) is 11.5 Å². The number of ether oxygens (including phenoxy) is 2. The van der Waals surface area contributed by atoms with E-state index in [2.05, 4.69) is 5.32 Å². The fourth-order valence-corrected chi connectivity index (χ4v) is 2.62. The summed E-state index contributed by atoms with van der Waals surface area (Å²) < 4.78 is 10.5. The van der Waals surface area contributed by atoms with E-state index < -0.39 is 12.0 Å². The Hall–Kier alpha value is -2.53. The predicted molar refractivity (Wildman–Crippen MR) is 96.0 cm³/mol. The van der Waals surface area contributed by atoms with Crippen molar-refractivity contribution >= 4 is 23.5 Å². The maximum atomic E-state index is 12.3. The van der Waals surface area contributed by atoms with E-state index in [1.807, 2.05) is 6.92 Å². The molecule has 0 heterocycles. The number of carbonyl (C=O) groups excluding carboxylic acids is 2. The second-order valence-corrected chi connectivity index (χ2v) is 6.05. The van der Waals surface area contributed by atoms with Gasteiger partial charge in [-0.1, -0.05) is 23.7 Å². The van der Waals surface area contributed by atoms with Crippen LogP contribution in [0.5, 0.6) is 11.5 Å². The molecule has 5 nitrogen and oxygen atoms in total. The first-order valence-corrected chi connectivity index (χ1v) is 8.14. The van der Waals surface area contributed by atoms with Gasteiger partial charge < -0.3 is 14.8 Å². The maximum Gasteiger partial charge on any atom is 0.313 e. The third kappa shape index (κ3) is 5.50. The van der Waals surface area contributed by atoms with Gasteiger partial charge in [0.05, 0.1) is 19.6 Å². The molecule has 0 fully saturated rings. The summed E-state index contributed by atoms with van der Waals surface area (Å²) in [7, 11) is 1.58. The molecule has 1 N–H and O–H groups in total. The lowest BCUT2D eigenvalue weighted by molar-refractivity contribution is -0.135. The van der Waals surface area contributed by atoms with Crippen molar-refractivity contribution in [1.82, 2.24) is 5.32 Å². The van der Waals surface area contributed by atoms with Crippen LogP contribution in [0.1, 0.15) is 30.5 Å². The second-order valence-electron chi connectivity index (χ2n) is 5.61. The molecule has 1 atom stereocenters. The number of benzene rings is 2. The lowest BCUT2D eigenvalue weighted by Crippen LogP contribution is -2.29. The Morgan fingerprint density at radius 2 is 1.84 bits per heavy atom. The van der Waals surface area contributed by atoms with Gasteiger partial charge in [-0.25, -0.2) is 0 Å². The Labute approximate surface area is 151 Å². The summed E-state index contributed by atoms with van der Waals surface area (Å²) >= 11 is 5.90. The Kier molecular flexibility index (Phi) is 6.42. The molecule has 6 heteroatoms. The lowest BCUT2D eigenvalue weighted by Gasteiger charge is -2.18. The van der Waals surface area contributed by atoms with E-state index >= 15 is 0 Å². The van der Waals surface area contributed by atoms with E-state index in [4.69, 9.17) is 21.1 Å². The summed E-state index contributed by atoms with van der Waals surface area (Å²) in [4.78, 5) is 23.8. The van der Waals surface area contributed by atoms with Crippen molar-refractivity contribution in [3.63, 3.8) is 0 Å². The van der Waals surface area contributed by atoms with Crippen LogP contribution >= 0.6 is 11.6 Å². The number of hydrogen-bond acceptors (Lipinski definition) is 4. The van der Waals surface area contributed by atoms with Gasteiger partial charge in [-0.15, -0.1) is 0 Å². The number of esters is 1. The number of halogens is 1. The second kappa shape index (κ2) is 8.53. The minimum absolute atomic E-state index is 0.00791. The van der Waals surface area contributed by atoms with Gasteiger partial charge in [0.2, 0.25) is 5.91 Å². The molecule has 0 radical (unpaired) electrons. The number of rotatable bonds is 6. The first-order chi connectivity index (χ1) is 11.9. The molecule has 2 aromatic carbocycles. The van der Waals surface area contributed by atoms with Crippen LogP contribution in [0.15, 0.2) is 42.5 Å². The smallest absolute Gasteiger partial charge is 0.313 e. The molecule has 0 aliphatic carbocycles. The van der Waals surface area contributed by atoms with Gasteiger partial charge in [0.25, 0.3) is 0 Å². The average Bonchev–Trinajstić information content (AvgIpc) is 2.56. The highest BCUT2D eigenvalue weighted by atomic mass is 35.5. The summed E-state index contributed by atoms with van der Waals surface area (Å²) in [6.07, 6.45) is 0.00791. The van der Waals surface area contributed by atoms with Gasteiger partial charge in [-0.2, -0.15) is 0 Å². The highest BCUT2D eigenvalue weighted by Crippen LogP contribution is 2.24. The highest BCUT2D eigenvalue weighted by molar-refractivity contribution is 6.30. The predicted octanol–water partition coefficient (Wildman–Crippen LogP) is 3.83. The molecule has 2 rings (SSSR count). The number of methoxy groups -OCH3 is 1. The molecule has 0 aliphatic rings. The van der Waals surface area contributed by atoms with Crippen molar-refractivity contribution in [2.45, 2.75) is 26.3 Å². The molecule has 0 saturated heterocycles. The van der Waals surface area contributed by atoms with E-state index in [9.17, 15) is 9.59 Å². The minimum Gasteiger partial charge on any atom is -0.497 e. The Balaban J connectivity index is 2.12. The zero-order chi connectivity index (χ0) is 18.4. The Morgan fingerprint density at radius 3 is 2.40 bits per heavy atom. The van der Waals surface area contributed by atoms with Gasteiger partial charge in [-0.05, 0) is 48.4 Å². The van der Waals surface area contributed by atoms with Crippen LogP contribution in [-0.4, -0.2) is 19.0 Å². The number of nitrogens with one attached hydrogen (secondary N) is 1. The summed E-state index contributed by atoms with van der Waals surface area (Å²) in [5.74, 6) is 0.478. The third-order valence-corrected chi connectivity index (χ3v) is 3.86. The van der Waals surface area contributed by atoms with Crippen LogP contribution in [0.4, 0.5) is 0 Å². The molecule has 0 spiro atoms. The maximum absolute atomic E-state index is 12.3. The number of carbonyl (C=O) groups is 2. The fraction of sp³-hybridized carbons (Fsp3) is 0.263. The monoisotopic (exact) mass is 361 g/mol. The van der Waals surface area contributed by atoms with Crippen LogP contribution in [0.25, 0.3) is 0 Å². The Morgan fingerprint density at radius 1 is 1.16 bits per heavy atom. The van der Waals surface area contributed by atoms with Gasteiger partial charge in [0.15, 0.2) is 0 Å². The van der Waals surface area contributed by atoms with Crippen molar-refractivity contribution < 1.29 is 19.1 Å². The molecule has 2 aromatic rings. The van der Waals surface area contributed by atoms with Gasteiger partial charge in [0.1, 0.15) is 11.5 Å².